The van der Waals surface area contributed by atoms with E-state index in [-0.39, 0.29) is 5.91 Å². The van der Waals surface area contributed by atoms with Crippen molar-refractivity contribution in [3.8, 4) is 0 Å². The van der Waals surface area contributed by atoms with E-state index in [1.165, 1.54) is 0 Å². The number of carbonyl (C=O) groups excluding carboxylic acids is 1. The first-order chi connectivity index (χ1) is 4.34. The molecule has 1 saturated heterocycles. The molecule has 1 aliphatic rings. The van der Waals surface area contributed by atoms with E-state index in [1.54, 1.807) is 17.2 Å². The third-order valence-electron chi connectivity index (χ3n) is 1.31. The van der Waals surface area contributed by atoms with Crippen LogP contribution in [0.5, 0.6) is 0 Å². The van der Waals surface area contributed by atoms with Crippen molar-refractivity contribution in [1.29, 1.82) is 0 Å². The number of hydrogen-bond donors (Lipinski definition) is 1. The van der Waals surface area contributed by atoms with Gasteiger partial charge in [-0.05, 0) is 0 Å². The summed E-state index contributed by atoms with van der Waals surface area (Å²) in [6, 6.07) is 0. The van der Waals surface area contributed by atoms with Crippen LogP contribution in [0.25, 0.3) is 0 Å². The number of β-lactam (4-membered cyclic amide) rings is 1. The Hall–Kier alpha value is -0.830. The maximum absolute atomic E-state index is 10.6. The third kappa shape index (κ3) is 1.29. The van der Waals surface area contributed by atoms with E-state index in [0.29, 0.717) is 13.0 Å². The molecule has 0 unspecified atom stereocenters. The lowest BCUT2D eigenvalue weighted by molar-refractivity contribution is -0.136. The molecule has 0 bridgehead atoms. The monoisotopic (exact) mass is 126 g/mol. The van der Waals surface area contributed by atoms with E-state index < -0.39 is 0 Å². The molecule has 1 aliphatic heterocycles. The van der Waals surface area contributed by atoms with Gasteiger partial charge in [-0.15, -0.1) is 0 Å². The van der Waals surface area contributed by atoms with Crippen molar-refractivity contribution < 1.29 is 4.79 Å². The van der Waals surface area contributed by atoms with Crippen molar-refractivity contribution in [2.75, 3.05) is 13.1 Å². The number of nitrogens with two attached hydrogens (primary N) is 1. The van der Waals surface area contributed by atoms with Crippen LogP contribution in [0.2, 0.25) is 0 Å². The molecule has 1 heterocycles. The zero-order valence-electron chi connectivity index (χ0n) is 5.21. The van der Waals surface area contributed by atoms with Crippen molar-refractivity contribution >= 4 is 5.91 Å². The van der Waals surface area contributed by atoms with E-state index in [9.17, 15) is 4.79 Å². The van der Waals surface area contributed by atoms with Gasteiger partial charge in [0.2, 0.25) is 5.91 Å². The molecular weight excluding hydrogens is 116 g/mol. The van der Waals surface area contributed by atoms with Crippen LogP contribution in [0.15, 0.2) is 12.3 Å². The van der Waals surface area contributed by atoms with Gasteiger partial charge in [0, 0.05) is 25.7 Å². The summed E-state index contributed by atoms with van der Waals surface area (Å²) in [4.78, 5) is 12.2. The van der Waals surface area contributed by atoms with Crippen molar-refractivity contribution in [2.45, 2.75) is 6.42 Å². The molecule has 0 spiro atoms. The van der Waals surface area contributed by atoms with E-state index in [2.05, 4.69) is 0 Å². The molecule has 0 aromatic rings. The maximum atomic E-state index is 10.6. The van der Waals surface area contributed by atoms with Crippen LogP contribution >= 0.6 is 0 Å². The fourth-order valence-electron chi connectivity index (χ4n) is 0.678. The van der Waals surface area contributed by atoms with Gasteiger partial charge in [0.05, 0.1) is 0 Å². The lowest BCUT2D eigenvalue weighted by Gasteiger charge is -2.26. The number of likely N-dealkylation sites (tertiary alicyclic amines) is 1. The van der Waals surface area contributed by atoms with Gasteiger partial charge in [-0.25, -0.2) is 0 Å². The van der Waals surface area contributed by atoms with Crippen molar-refractivity contribution in [3.05, 3.63) is 12.3 Å². The van der Waals surface area contributed by atoms with Gasteiger partial charge in [0.15, 0.2) is 0 Å². The van der Waals surface area contributed by atoms with E-state index in [1.807, 2.05) is 0 Å². The van der Waals surface area contributed by atoms with Gasteiger partial charge in [0.25, 0.3) is 0 Å². The fraction of sp³-hybridized carbons (Fsp3) is 0.500. The number of hydrogen-bond acceptors (Lipinski definition) is 2. The smallest absolute Gasteiger partial charge is 0.228 e. The molecule has 3 heteroatoms. The van der Waals surface area contributed by atoms with Crippen LogP contribution < -0.4 is 5.73 Å². The predicted molar refractivity (Wildman–Crippen MR) is 34.5 cm³/mol. The molecule has 0 aromatic heterocycles. The second-order valence-electron chi connectivity index (χ2n) is 1.96. The Morgan fingerprint density at radius 2 is 2.56 bits per heavy atom. The summed E-state index contributed by atoms with van der Waals surface area (Å²) >= 11 is 0. The SMILES string of the molecule is NCC=CN1CCC1=O. The summed E-state index contributed by atoms with van der Waals surface area (Å²) in [7, 11) is 0. The number of nitrogens with zero attached hydrogens (tertiary/aromatic N) is 1. The highest BCUT2D eigenvalue weighted by Gasteiger charge is 2.20. The fourth-order valence-corrected chi connectivity index (χ4v) is 0.678. The van der Waals surface area contributed by atoms with E-state index >= 15 is 0 Å². The zero-order chi connectivity index (χ0) is 6.69. The van der Waals surface area contributed by atoms with E-state index in [0.717, 1.165) is 6.54 Å². The van der Waals surface area contributed by atoms with E-state index in [4.69, 9.17) is 5.73 Å². The molecule has 0 atom stereocenters. The highest BCUT2D eigenvalue weighted by Crippen LogP contribution is 2.07. The summed E-state index contributed by atoms with van der Waals surface area (Å²) in [5, 5.41) is 0. The first-order valence-electron chi connectivity index (χ1n) is 3.01. The van der Waals surface area contributed by atoms with Crippen molar-refractivity contribution in [3.63, 3.8) is 0 Å². The second kappa shape index (κ2) is 2.64. The molecule has 1 fully saturated rings. The van der Waals surface area contributed by atoms with Gasteiger partial charge in [-0.3, -0.25) is 4.79 Å². The van der Waals surface area contributed by atoms with Crippen LogP contribution in [0.3, 0.4) is 0 Å². The lowest BCUT2D eigenvalue weighted by atomic mass is 10.2. The Balaban J connectivity index is 2.28. The normalized spacial score (nSPS) is 18.8. The molecule has 0 aliphatic carbocycles. The minimum Gasteiger partial charge on any atom is -0.327 e. The molecule has 2 N–H and O–H groups in total. The summed E-state index contributed by atoms with van der Waals surface area (Å²) in [5.41, 5.74) is 5.18. The second-order valence-corrected chi connectivity index (χ2v) is 1.96. The molecule has 3 nitrogen and oxygen atoms in total. The first kappa shape index (κ1) is 6.29. The van der Waals surface area contributed by atoms with Crippen LogP contribution in [0, 0.1) is 0 Å². The standard InChI is InChI=1S/C6H10N2O/c7-3-1-4-8-5-2-6(8)9/h1,4H,2-3,5,7H2. The van der Waals surface area contributed by atoms with Crippen molar-refractivity contribution in [1.82, 2.24) is 4.90 Å². The Labute approximate surface area is 54.1 Å². The van der Waals surface area contributed by atoms with Gasteiger partial charge in [-0.1, -0.05) is 6.08 Å². The average molecular weight is 126 g/mol. The molecule has 50 valence electrons. The quantitative estimate of drug-likeness (QED) is 0.516. The molecule has 1 rings (SSSR count). The molecular formula is C6H10N2O. The van der Waals surface area contributed by atoms with Gasteiger partial charge < -0.3 is 10.6 Å². The highest BCUT2D eigenvalue weighted by molar-refractivity contribution is 5.82. The molecule has 0 saturated carbocycles. The summed E-state index contributed by atoms with van der Waals surface area (Å²) in [6.07, 6.45) is 4.21. The average Bonchev–Trinajstić information content (AvgIpc) is 1.86. The molecule has 1 amide bonds. The Bertz CT molecular complexity index is 142. The van der Waals surface area contributed by atoms with Crippen LogP contribution in [-0.4, -0.2) is 23.9 Å². The Morgan fingerprint density at radius 1 is 1.78 bits per heavy atom. The zero-order valence-corrected chi connectivity index (χ0v) is 5.21. The molecule has 0 radical (unpaired) electrons. The summed E-state index contributed by atoms with van der Waals surface area (Å²) in [5.74, 6) is 0.194. The van der Waals surface area contributed by atoms with Gasteiger partial charge in [-0.2, -0.15) is 0 Å². The maximum Gasteiger partial charge on any atom is 0.228 e. The van der Waals surface area contributed by atoms with Gasteiger partial charge >= 0.3 is 0 Å². The topological polar surface area (TPSA) is 46.3 Å². The number of amides is 1. The summed E-state index contributed by atoms with van der Waals surface area (Å²) in [6.45, 7) is 1.36. The van der Waals surface area contributed by atoms with Crippen LogP contribution in [0.4, 0.5) is 0 Å². The lowest BCUT2D eigenvalue weighted by Crippen LogP contribution is -2.38. The Morgan fingerprint density at radius 3 is 2.89 bits per heavy atom. The van der Waals surface area contributed by atoms with Crippen molar-refractivity contribution in [2.24, 2.45) is 5.73 Å². The minimum atomic E-state index is 0.194. The third-order valence-corrected chi connectivity index (χ3v) is 1.31. The number of rotatable bonds is 2. The highest BCUT2D eigenvalue weighted by atomic mass is 16.2. The molecule has 0 aromatic carbocycles. The first-order valence-corrected chi connectivity index (χ1v) is 3.01. The largest absolute Gasteiger partial charge is 0.327 e. The minimum absolute atomic E-state index is 0.194. The number of carbonyl (C=O) groups is 1. The predicted octanol–water partition coefficient (Wildman–Crippen LogP) is -0.309. The Kier molecular flexibility index (Phi) is 1.85. The van der Waals surface area contributed by atoms with Crippen LogP contribution in [-0.2, 0) is 4.79 Å². The van der Waals surface area contributed by atoms with Gasteiger partial charge in [0.1, 0.15) is 0 Å². The summed E-state index contributed by atoms with van der Waals surface area (Å²) < 4.78 is 0. The van der Waals surface area contributed by atoms with Crippen LogP contribution in [0.1, 0.15) is 6.42 Å². The molecule has 9 heavy (non-hydrogen) atoms.